The summed E-state index contributed by atoms with van der Waals surface area (Å²) in [6, 6.07) is 0. The Kier molecular flexibility index (Phi) is 4.42. The summed E-state index contributed by atoms with van der Waals surface area (Å²) >= 11 is 0. The highest BCUT2D eigenvalue weighted by molar-refractivity contribution is 6.40. The highest BCUT2D eigenvalue weighted by atomic mass is 28.2. The first kappa shape index (κ1) is 7.16. The van der Waals surface area contributed by atoms with E-state index in [0.29, 0.717) is 17.1 Å². The molecule has 0 aromatic carbocycles. The van der Waals surface area contributed by atoms with Crippen LogP contribution in [0.25, 0.3) is 0 Å². The van der Waals surface area contributed by atoms with Crippen molar-refractivity contribution in [3.63, 3.8) is 0 Å². The van der Waals surface area contributed by atoms with E-state index in [-0.39, 0.29) is 0 Å². The van der Waals surface area contributed by atoms with Crippen molar-refractivity contribution in [1.29, 1.82) is 0 Å². The summed E-state index contributed by atoms with van der Waals surface area (Å²) in [7, 11) is -0.477. The third-order valence-electron chi connectivity index (χ3n) is 0.511. The van der Waals surface area contributed by atoms with E-state index in [9.17, 15) is 0 Å². The van der Waals surface area contributed by atoms with Gasteiger partial charge < -0.3 is 14.0 Å². The quantitative estimate of drug-likeness (QED) is 0.451. The second kappa shape index (κ2) is 4.32. The highest BCUT2D eigenvalue weighted by Crippen LogP contribution is 1.76. The van der Waals surface area contributed by atoms with E-state index in [2.05, 4.69) is 9.00 Å². The van der Waals surface area contributed by atoms with E-state index in [4.69, 9.17) is 5.02 Å². The molecule has 7 heavy (non-hydrogen) atoms. The molecule has 0 saturated heterocycles. The smallest absolute Gasteiger partial charge is 0.437 e. The van der Waals surface area contributed by atoms with Crippen LogP contribution in [0.5, 0.6) is 0 Å². The lowest BCUT2D eigenvalue weighted by Crippen LogP contribution is -2.20. The molecule has 0 aliphatic carbocycles. The molecule has 5 heteroatoms. The fourth-order valence-corrected chi connectivity index (χ4v) is 0.347. The Hall–Kier alpha value is 0.162. The summed E-state index contributed by atoms with van der Waals surface area (Å²) in [4.78, 5) is 0. The normalized spacial score (nSPS) is 9.43. The molecule has 0 aromatic heterocycles. The second-order valence-corrected chi connectivity index (χ2v) is 1.47. The molecule has 0 bridgehead atoms. The Morgan fingerprint density at radius 1 is 1.86 bits per heavy atom. The van der Waals surface area contributed by atoms with Gasteiger partial charge in [0.2, 0.25) is 0 Å². The Bertz CT molecular complexity index is 43.9. The zero-order valence-electron chi connectivity index (χ0n) is 4.55. The van der Waals surface area contributed by atoms with Crippen molar-refractivity contribution >= 4 is 17.8 Å². The molecular formula is C2H9BO3Si. The van der Waals surface area contributed by atoms with E-state index < -0.39 is 7.32 Å². The summed E-state index contributed by atoms with van der Waals surface area (Å²) in [6.45, 7) is 2.28. The molecule has 0 heterocycles. The Morgan fingerprint density at radius 3 is 2.57 bits per heavy atom. The molecule has 0 spiro atoms. The molecule has 0 aromatic rings. The van der Waals surface area contributed by atoms with Gasteiger partial charge in [-0.05, 0) is 6.92 Å². The van der Waals surface area contributed by atoms with Crippen molar-refractivity contribution < 1.29 is 14.0 Å². The lowest BCUT2D eigenvalue weighted by Gasteiger charge is -1.99. The fourth-order valence-electron chi connectivity index (χ4n) is 0.211. The molecule has 0 unspecified atom stereocenters. The first-order valence-corrected chi connectivity index (χ1v) is 2.95. The van der Waals surface area contributed by atoms with Gasteiger partial charge in [0.05, 0.1) is 0 Å². The number of hydrogen-bond acceptors (Lipinski definition) is 3. The van der Waals surface area contributed by atoms with Gasteiger partial charge >= 0.3 is 7.32 Å². The Balaban J connectivity index is 2.83. The Labute approximate surface area is 46.3 Å². The van der Waals surface area contributed by atoms with Crippen molar-refractivity contribution in [1.82, 2.24) is 0 Å². The van der Waals surface area contributed by atoms with Crippen molar-refractivity contribution in [2.24, 2.45) is 0 Å². The Morgan fingerprint density at radius 2 is 2.43 bits per heavy atom. The topological polar surface area (TPSA) is 38.7 Å². The van der Waals surface area contributed by atoms with Crippen LogP contribution in [0.3, 0.4) is 0 Å². The van der Waals surface area contributed by atoms with E-state index in [1.54, 1.807) is 6.92 Å². The molecule has 0 radical (unpaired) electrons. The molecule has 0 saturated carbocycles. The predicted molar refractivity (Wildman–Crippen MR) is 30.6 cm³/mol. The fraction of sp³-hybridized carbons (Fsp3) is 1.00. The molecule has 0 atom stereocenters. The monoisotopic (exact) mass is 120 g/mol. The van der Waals surface area contributed by atoms with E-state index in [0.717, 1.165) is 0 Å². The number of rotatable bonds is 3. The summed E-state index contributed by atoms with van der Waals surface area (Å²) in [5.41, 5.74) is 0. The minimum absolute atomic E-state index is 0.489. The van der Waals surface area contributed by atoms with E-state index >= 15 is 0 Å². The molecule has 3 nitrogen and oxygen atoms in total. The molecule has 0 rings (SSSR count). The minimum Gasteiger partial charge on any atom is -0.437 e. The lowest BCUT2D eigenvalue weighted by molar-refractivity contribution is 0.210. The zero-order valence-corrected chi connectivity index (χ0v) is 6.55. The van der Waals surface area contributed by atoms with Crippen LogP contribution in [-0.4, -0.2) is 29.4 Å². The summed E-state index contributed by atoms with van der Waals surface area (Å²) in [6.07, 6.45) is 0. The third-order valence-corrected chi connectivity index (χ3v) is 0.914. The van der Waals surface area contributed by atoms with Crippen LogP contribution >= 0.6 is 0 Å². The van der Waals surface area contributed by atoms with Crippen molar-refractivity contribution in [2.45, 2.75) is 6.92 Å². The highest BCUT2D eigenvalue weighted by Gasteiger charge is 2.08. The third kappa shape index (κ3) is 4.01. The second-order valence-electron chi connectivity index (χ2n) is 0.998. The molecule has 1 N–H and O–H groups in total. The maximum absolute atomic E-state index is 8.45. The molecule has 0 amide bonds. The lowest BCUT2D eigenvalue weighted by atomic mass is 10.3. The van der Waals surface area contributed by atoms with Crippen LogP contribution < -0.4 is 0 Å². The standard InChI is InChI=1S/C2H9BO3Si/c1-2-5-3(4)6-7/h4H,2H2,1,7H3. The van der Waals surface area contributed by atoms with Crippen LogP contribution in [0.15, 0.2) is 0 Å². The van der Waals surface area contributed by atoms with Gasteiger partial charge in [-0.15, -0.1) is 0 Å². The van der Waals surface area contributed by atoms with Crippen LogP contribution in [-0.2, 0) is 9.00 Å². The van der Waals surface area contributed by atoms with E-state index in [1.165, 1.54) is 0 Å². The van der Waals surface area contributed by atoms with Gasteiger partial charge in [-0.2, -0.15) is 0 Å². The average Bonchev–Trinajstić information content (AvgIpc) is 1.68. The van der Waals surface area contributed by atoms with E-state index in [1.807, 2.05) is 0 Å². The van der Waals surface area contributed by atoms with Gasteiger partial charge in [-0.3, -0.25) is 0 Å². The molecule has 0 fully saturated rings. The minimum atomic E-state index is -0.989. The maximum Gasteiger partial charge on any atom is 0.625 e. The SMILES string of the molecule is CCOB(O)O[SiH3]. The van der Waals surface area contributed by atoms with Crippen molar-refractivity contribution in [3.05, 3.63) is 0 Å². The number of hydrogen-bond donors (Lipinski definition) is 1. The van der Waals surface area contributed by atoms with Gasteiger partial charge in [0.25, 0.3) is 0 Å². The van der Waals surface area contributed by atoms with Crippen molar-refractivity contribution in [3.8, 4) is 0 Å². The van der Waals surface area contributed by atoms with Crippen LogP contribution in [0.4, 0.5) is 0 Å². The molecule has 0 aliphatic heterocycles. The zero-order chi connectivity index (χ0) is 5.70. The summed E-state index contributed by atoms with van der Waals surface area (Å²) in [5.74, 6) is 0. The van der Waals surface area contributed by atoms with Crippen LogP contribution in [0.2, 0.25) is 0 Å². The first-order valence-electron chi connectivity index (χ1n) is 2.13. The van der Waals surface area contributed by atoms with Crippen LogP contribution in [0.1, 0.15) is 6.92 Å². The molecule has 42 valence electrons. The molecule has 0 aliphatic rings. The predicted octanol–water partition coefficient (Wildman–Crippen LogP) is -1.70. The van der Waals surface area contributed by atoms with Gasteiger partial charge in [0.15, 0.2) is 0 Å². The average molecular weight is 120 g/mol. The largest absolute Gasteiger partial charge is 0.625 e. The summed E-state index contributed by atoms with van der Waals surface area (Å²) < 4.78 is 9.02. The van der Waals surface area contributed by atoms with Gasteiger partial charge in [-0.25, -0.2) is 0 Å². The van der Waals surface area contributed by atoms with Gasteiger partial charge in [0, 0.05) is 6.61 Å². The maximum atomic E-state index is 8.45. The first-order chi connectivity index (χ1) is 3.31. The summed E-state index contributed by atoms with van der Waals surface area (Å²) in [5, 5.41) is 8.45. The molecular weight excluding hydrogens is 111 g/mol. The van der Waals surface area contributed by atoms with Crippen molar-refractivity contribution in [2.75, 3.05) is 6.61 Å². The van der Waals surface area contributed by atoms with Gasteiger partial charge in [0.1, 0.15) is 10.5 Å². The van der Waals surface area contributed by atoms with Gasteiger partial charge in [-0.1, -0.05) is 0 Å². The van der Waals surface area contributed by atoms with Crippen LogP contribution in [0, 0.1) is 0 Å².